The van der Waals surface area contributed by atoms with E-state index in [1.54, 1.807) is 48.7 Å². The van der Waals surface area contributed by atoms with Gasteiger partial charge in [-0.25, -0.2) is 0 Å². The van der Waals surface area contributed by atoms with Crippen molar-refractivity contribution >= 4 is 22.1 Å². The molecule has 0 saturated carbocycles. The van der Waals surface area contributed by atoms with Crippen LogP contribution in [0.3, 0.4) is 0 Å². The molecule has 2 aromatic carbocycles. The van der Waals surface area contributed by atoms with Crippen LogP contribution in [0.15, 0.2) is 53.1 Å². The molecule has 5 unspecified atom stereocenters. The summed E-state index contributed by atoms with van der Waals surface area (Å²) in [6.07, 6.45) is -4.64. The molecule has 4 aromatic rings. The van der Waals surface area contributed by atoms with Crippen LogP contribution in [-0.4, -0.2) is 66.8 Å². The molecular formula is C23H22N2O7S. The number of ether oxygens (including phenoxy) is 1. The molecule has 172 valence electrons. The van der Waals surface area contributed by atoms with Crippen molar-refractivity contribution in [3.05, 3.63) is 64.9 Å². The van der Waals surface area contributed by atoms with Crippen molar-refractivity contribution in [3.63, 3.8) is 0 Å². The van der Waals surface area contributed by atoms with Gasteiger partial charge in [0.1, 0.15) is 41.3 Å². The van der Waals surface area contributed by atoms with Gasteiger partial charge in [-0.05, 0) is 29.1 Å². The molecular weight excluding hydrogens is 448 g/mol. The van der Waals surface area contributed by atoms with Crippen LogP contribution in [0.4, 0.5) is 0 Å². The lowest BCUT2D eigenvalue weighted by atomic mass is 9.87. The van der Waals surface area contributed by atoms with Crippen LogP contribution >= 0.6 is 11.3 Å². The number of rotatable bonds is 5. The first-order valence-electron chi connectivity index (χ1n) is 10.4. The van der Waals surface area contributed by atoms with E-state index in [0.717, 1.165) is 0 Å². The van der Waals surface area contributed by atoms with E-state index in [1.807, 2.05) is 0 Å². The van der Waals surface area contributed by atoms with Gasteiger partial charge in [-0.3, -0.25) is 0 Å². The summed E-state index contributed by atoms with van der Waals surface area (Å²) in [5, 5.41) is 62.5. The fourth-order valence-electron chi connectivity index (χ4n) is 4.16. The van der Waals surface area contributed by atoms with Crippen LogP contribution in [0.2, 0.25) is 0 Å². The first-order chi connectivity index (χ1) is 16.0. The minimum absolute atomic E-state index is 0.0636. The zero-order valence-corrected chi connectivity index (χ0v) is 18.1. The fraction of sp³-hybridized carbons (Fsp3) is 0.304. The molecule has 5 atom stereocenters. The highest BCUT2D eigenvalue weighted by Gasteiger charge is 2.44. The number of fused-ring (bicyclic) bond motifs is 1. The van der Waals surface area contributed by atoms with E-state index < -0.39 is 37.1 Å². The highest BCUT2D eigenvalue weighted by atomic mass is 32.1. The highest BCUT2D eigenvalue weighted by molar-refractivity contribution is 7.14. The number of nitrogens with zero attached hydrogens (tertiary/aromatic N) is 2. The molecule has 0 aliphatic carbocycles. The lowest BCUT2D eigenvalue weighted by Crippen LogP contribution is -2.55. The molecule has 0 bridgehead atoms. The van der Waals surface area contributed by atoms with E-state index in [2.05, 4.69) is 10.2 Å². The van der Waals surface area contributed by atoms with Crippen LogP contribution in [0.1, 0.15) is 22.2 Å². The molecule has 3 heterocycles. The number of hydrogen-bond donors (Lipinski definition) is 5. The first-order valence-corrected chi connectivity index (χ1v) is 11.2. The van der Waals surface area contributed by atoms with Crippen molar-refractivity contribution < 1.29 is 34.7 Å². The Hall–Kier alpha value is -2.86. The van der Waals surface area contributed by atoms with Crippen molar-refractivity contribution in [3.8, 4) is 16.5 Å². The maximum atomic E-state index is 11.0. The van der Waals surface area contributed by atoms with E-state index in [1.165, 1.54) is 11.3 Å². The normalized spacial score (nSPS) is 25.5. The Labute approximate surface area is 192 Å². The maximum Gasteiger partial charge on any atom is 0.183 e. The first kappa shape index (κ1) is 22.0. The number of phenolic OH excluding ortho intramolecular Hbond substituents is 1. The fourth-order valence-corrected chi connectivity index (χ4v) is 5.00. The molecule has 10 heteroatoms. The number of aromatic nitrogens is 2. The third kappa shape index (κ3) is 3.90. The number of benzene rings is 2. The van der Waals surface area contributed by atoms with Gasteiger partial charge >= 0.3 is 0 Å². The molecule has 33 heavy (non-hydrogen) atoms. The summed E-state index contributed by atoms with van der Waals surface area (Å²) in [6, 6.07) is 12.3. The molecule has 2 aromatic heterocycles. The molecule has 0 radical (unpaired) electrons. The lowest BCUT2D eigenvalue weighted by molar-refractivity contribution is -0.231. The topological polar surface area (TPSA) is 149 Å². The van der Waals surface area contributed by atoms with Crippen LogP contribution in [0, 0.1) is 0 Å². The molecule has 5 rings (SSSR count). The Kier molecular flexibility index (Phi) is 5.87. The zero-order chi connectivity index (χ0) is 23.1. The predicted octanol–water partition coefficient (Wildman–Crippen LogP) is 1.76. The number of hydrogen-bond acceptors (Lipinski definition) is 10. The summed E-state index contributed by atoms with van der Waals surface area (Å²) in [5.41, 5.74) is 1.05. The second-order valence-corrected chi connectivity index (χ2v) is 8.99. The van der Waals surface area contributed by atoms with E-state index in [9.17, 15) is 25.5 Å². The van der Waals surface area contributed by atoms with Crippen LogP contribution in [-0.2, 0) is 11.2 Å². The van der Waals surface area contributed by atoms with Crippen molar-refractivity contribution in [1.82, 2.24) is 10.2 Å². The second kappa shape index (κ2) is 8.82. The minimum atomic E-state index is -1.50. The third-order valence-corrected chi connectivity index (χ3v) is 6.80. The summed E-state index contributed by atoms with van der Waals surface area (Å²) in [5.74, 6) is 0.664. The van der Waals surface area contributed by atoms with Gasteiger partial charge in [0, 0.05) is 17.4 Å². The summed E-state index contributed by atoms with van der Waals surface area (Å²) >= 11 is 1.33. The summed E-state index contributed by atoms with van der Waals surface area (Å²) in [7, 11) is 0. The molecule has 9 nitrogen and oxygen atoms in total. The zero-order valence-electron chi connectivity index (χ0n) is 17.3. The Morgan fingerprint density at radius 3 is 2.45 bits per heavy atom. The Morgan fingerprint density at radius 1 is 0.939 bits per heavy atom. The van der Waals surface area contributed by atoms with Gasteiger partial charge in [0.15, 0.2) is 10.8 Å². The molecule has 1 aliphatic heterocycles. The summed E-state index contributed by atoms with van der Waals surface area (Å²) in [6.45, 7) is -0.523. The number of aromatic hydroxyl groups is 1. The quantitative estimate of drug-likeness (QED) is 0.294. The van der Waals surface area contributed by atoms with Gasteiger partial charge in [0.25, 0.3) is 0 Å². The second-order valence-electron chi connectivity index (χ2n) is 7.92. The van der Waals surface area contributed by atoms with Gasteiger partial charge in [0.2, 0.25) is 0 Å². The Balaban J connectivity index is 1.56. The number of phenols is 1. The molecule has 0 amide bonds. The standard InChI is InChI=1S/C23H22N2O7S/c26-10-16-19(28)20(29)21(30)22(32-16)14-8-11(18(27)13-5-2-1-4-12(13)14)9-17-24-25-23(33-17)15-6-3-7-31-15/h1-8,16,19-22,26-30H,9-10H2. The van der Waals surface area contributed by atoms with E-state index >= 15 is 0 Å². The average molecular weight is 471 g/mol. The van der Waals surface area contributed by atoms with Gasteiger partial charge in [-0.1, -0.05) is 35.6 Å². The highest BCUT2D eigenvalue weighted by Crippen LogP contribution is 2.41. The molecule has 1 saturated heterocycles. The third-order valence-electron chi connectivity index (χ3n) is 5.87. The van der Waals surface area contributed by atoms with Crippen LogP contribution in [0.25, 0.3) is 21.5 Å². The largest absolute Gasteiger partial charge is 0.507 e. The van der Waals surface area contributed by atoms with Gasteiger partial charge < -0.3 is 34.7 Å². The average Bonchev–Trinajstić information content (AvgIpc) is 3.52. The van der Waals surface area contributed by atoms with E-state index in [4.69, 9.17) is 9.15 Å². The van der Waals surface area contributed by atoms with Crippen LogP contribution < -0.4 is 0 Å². The monoisotopic (exact) mass is 470 g/mol. The smallest absolute Gasteiger partial charge is 0.183 e. The summed E-state index contributed by atoms with van der Waals surface area (Å²) in [4.78, 5) is 0. The van der Waals surface area contributed by atoms with Crippen LogP contribution in [0.5, 0.6) is 5.75 Å². The van der Waals surface area contributed by atoms with Crippen molar-refractivity contribution in [1.29, 1.82) is 0 Å². The molecule has 0 spiro atoms. The maximum absolute atomic E-state index is 11.0. The minimum Gasteiger partial charge on any atom is -0.507 e. The molecule has 1 fully saturated rings. The number of furan rings is 1. The van der Waals surface area contributed by atoms with Crippen molar-refractivity contribution in [2.24, 2.45) is 0 Å². The predicted molar refractivity (Wildman–Crippen MR) is 119 cm³/mol. The SMILES string of the molecule is OCC1OC(c2cc(Cc3nnc(-c4ccco4)s3)c(O)c3ccccc23)C(O)C(O)C1O. The summed E-state index contributed by atoms with van der Waals surface area (Å²) < 4.78 is 11.2. The lowest BCUT2D eigenvalue weighted by Gasteiger charge is -2.40. The molecule has 1 aliphatic rings. The molecule has 5 N–H and O–H groups in total. The van der Waals surface area contributed by atoms with E-state index in [-0.39, 0.29) is 12.2 Å². The number of aliphatic hydroxyl groups excluding tert-OH is 4. The Morgan fingerprint density at radius 2 is 1.73 bits per heavy atom. The van der Waals surface area contributed by atoms with Crippen molar-refractivity contribution in [2.45, 2.75) is 36.9 Å². The van der Waals surface area contributed by atoms with Gasteiger partial charge in [-0.15, -0.1) is 10.2 Å². The Bertz CT molecular complexity index is 1260. The van der Waals surface area contributed by atoms with Gasteiger partial charge in [0.05, 0.1) is 12.9 Å². The number of aliphatic hydroxyl groups is 4. The van der Waals surface area contributed by atoms with Gasteiger partial charge in [-0.2, -0.15) is 0 Å². The van der Waals surface area contributed by atoms with Crippen molar-refractivity contribution in [2.75, 3.05) is 6.61 Å². The van der Waals surface area contributed by atoms with E-state index in [0.29, 0.717) is 37.7 Å².